The molecule has 29 heavy (non-hydrogen) atoms. The van der Waals surface area contributed by atoms with Gasteiger partial charge in [-0.1, -0.05) is 18.2 Å². The molecule has 0 spiro atoms. The summed E-state index contributed by atoms with van der Waals surface area (Å²) in [6, 6.07) is 16.8. The second-order valence-electron chi connectivity index (χ2n) is 6.73. The highest BCUT2D eigenvalue weighted by Gasteiger charge is 2.16. The predicted molar refractivity (Wildman–Crippen MR) is 110 cm³/mol. The van der Waals surface area contributed by atoms with Crippen molar-refractivity contribution >= 4 is 28.4 Å². The molecule has 0 fully saturated rings. The fourth-order valence-corrected chi connectivity index (χ4v) is 3.11. The number of non-ortho nitro benzene ring substituents is 1. The molecule has 7 nitrogen and oxygen atoms in total. The quantitative estimate of drug-likeness (QED) is 0.380. The maximum atomic E-state index is 12.6. The Morgan fingerprint density at radius 1 is 1.07 bits per heavy atom. The molecule has 0 atom stereocenters. The molecule has 0 aliphatic carbocycles. The highest BCUT2D eigenvalue weighted by Crippen LogP contribution is 2.31. The van der Waals surface area contributed by atoms with Crippen molar-refractivity contribution in [3.8, 4) is 11.5 Å². The molecule has 3 aromatic carbocycles. The molecular formula is C22H17N3O4. The second kappa shape index (κ2) is 7.20. The Morgan fingerprint density at radius 3 is 2.66 bits per heavy atom. The number of oxazole rings is 1. The summed E-state index contributed by atoms with van der Waals surface area (Å²) in [5, 5.41) is 13.8. The van der Waals surface area contributed by atoms with E-state index in [1.54, 1.807) is 12.1 Å². The first-order chi connectivity index (χ1) is 13.9. The number of hydrogen-bond donors (Lipinski definition) is 1. The van der Waals surface area contributed by atoms with E-state index < -0.39 is 10.8 Å². The van der Waals surface area contributed by atoms with Gasteiger partial charge in [0.15, 0.2) is 5.58 Å². The van der Waals surface area contributed by atoms with E-state index in [1.807, 2.05) is 38.1 Å². The Balaban J connectivity index is 1.66. The lowest BCUT2D eigenvalue weighted by Crippen LogP contribution is -2.13. The van der Waals surface area contributed by atoms with Crippen molar-refractivity contribution in [2.75, 3.05) is 5.32 Å². The summed E-state index contributed by atoms with van der Waals surface area (Å²) in [6.07, 6.45) is 0. The second-order valence-corrected chi connectivity index (χ2v) is 6.73. The Kier molecular flexibility index (Phi) is 4.56. The summed E-state index contributed by atoms with van der Waals surface area (Å²) in [6.45, 7) is 3.85. The maximum absolute atomic E-state index is 12.6. The summed E-state index contributed by atoms with van der Waals surface area (Å²) in [5.74, 6) is 0.0386. The molecule has 0 aliphatic rings. The van der Waals surface area contributed by atoms with Gasteiger partial charge in [-0.25, -0.2) is 4.98 Å². The molecule has 1 aromatic heterocycles. The lowest BCUT2D eigenvalue weighted by molar-refractivity contribution is -0.384. The van der Waals surface area contributed by atoms with Gasteiger partial charge < -0.3 is 9.73 Å². The van der Waals surface area contributed by atoms with Gasteiger partial charge in [0.25, 0.3) is 11.6 Å². The van der Waals surface area contributed by atoms with E-state index >= 15 is 0 Å². The molecule has 1 amide bonds. The number of hydrogen-bond acceptors (Lipinski definition) is 5. The first-order valence-corrected chi connectivity index (χ1v) is 8.95. The van der Waals surface area contributed by atoms with Crippen LogP contribution in [-0.4, -0.2) is 15.8 Å². The van der Waals surface area contributed by atoms with Crippen LogP contribution >= 0.6 is 0 Å². The third-order valence-electron chi connectivity index (χ3n) is 4.67. The Labute approximate surface area is 166 Å². The van der Waals surface area contributed by atoms with Crippen LogP contribution in [0.2, 0.25) is 0 Å². The van der Waals surface area contributed by atoms with Crippen molar-refractivity contribution in [3.63, 3.8) is 0 Å². The zero-order chi connectivity index (χ0) is 20.5. The number of aryl methyl sites for hydroxylation is 1. The van der Waals surface area contributed by atoms with E-state index in [0.717, 1.165) is 22.2 Å². The molecule has 0 aliphatic heterocycles. The molecule has 0 saturated carbocycles. The number of benzene rings is 3. The van der Waals surface area contributed by atoms with Gasteiger partial charge in [0, 0.05) is 28.9 Å². The molecule has 7 heteroatoms. The minimum atomic E-state index is -0.530. The van der Waals surface area contributed by atoms with Crippen LogP contribution in [0.25, 0.3) is 22.6 Å². The Hall–Kier alpha value is -4.00. The first kappa shape index (κ1) is 18.4. The minimum absolute atomic E-state index is 0.134. The molecule has 4 aromatic rings. The maximum Gasteiger partial charge on any atom is 0.270 e. The number of rotatable bonds is 4. The number of carbonyl (C=O) groups is 1. The van der Waals surface area contributed by atoms with E-state index in [9.17, 15) is 14.9 Å². The van der Waals surface area contributed by atoms with Crippen LogP contribution < -0.4 is 5.32 Å². The number of fused-ring (bicyclic) bond motifs is 1. The lowest BCUT2D eigenvalue weighted by atomic mass is 10.1. The number of carbonyl (C=O) groups excluding carboxylic acids is 1. The van der Waals surface area contributed by atoms with Gasteiger partial charge >= 0.3 is 0 Å². The summed E-state index contributed by atoms with van der Waals surface area (Å²) in [4.78, 5) is 27.6. The third kappa shape index (κ3) is 3.58. The fraction of sp³-hybridized carbons (Fsp3) is 0.0909. The van der Waals surface area contributed by atoms with Gasteiger partial charge in [0.1, 0.15) is 5.52 Å². The average molecular weight is 387 g/mol. The summed E-state index contributed by atoms with van der Waals surface area (Å²) in [5.41, 5.74) is 4.75. The van der Waals surface area contributed by atoms with Crippen molar-refractivity contribution in [2.24, 2.45) is 0 Å². The summed E-state index contributed by atoms with van der Waals surface area (Å²) in [7, 11) is 0. The third-order valence-corrected chi connectivity index (χ3v) is 4.67. The normalized spacial score (nSPS) is 10.8. The standard InChI is InChI=1S/C22H17N3O4/c1-13-9-10-20-19(11-13)24-22(29-20)17-7-4-8-18(14(17)2)23-21(26)15-5-3-6-16(12-15)25(27)28/h3-12H,1-2H3,(H,23,26). The zero-order valence-corrected chi connectivity index (χ0v) is 15.8. The van der Waals surface area contributed by atoms with E-state index in [2.05, 4.69) is 10.3 Å². The number of nitro groups is 1. The van der Waals surface area contributed by atoms with Crippen molar-refractivity contribution in [3.05, 3.63) is 87.5 Å². The van der Waals surface area contributed by atoms with Crippen LogP contribution in [-0.2, 0) is 0 Å². The van der Waals surface area contributed by atoms with E-state index in [0.29, 0.717) is 17.2 Å². The predicted octanol–water partition coefficient (Wildman–Crippen LogP) is 5.27. The Bertz CT molecular complexity index is 1260. The van der Waals surface area contributed by atoms with Crippen LogP contribution in [0.4, 0.5) is 11.4 Å². The van der Waals surface area contributed by atoms with Crippen LogP contribution in [0, 0.1) is 24.0 Å². The van der Waals surface area contributed by atoms with Crippen LogP contribution in [0.1, 0.15) is 21.5 Å². The van der Waals surface area contributed by atoms with Gasteiger partial charge in [-0.15, -0.1) is 0 Å². The van der Waals surface area contributed by atoms with Gasteiger partial charge in [0.05, 0.1) is 4.92 Å². The van der Waals surface area contributed by atoms with Crippen molar-refractivity contribution in [2.45, 2.75) is 13.8 Å². The molecule has 144 valence electrons. The molecule has 1 heterocycles. The number of nitrogens with one attached hydrogen (secondary N) is 1. The summed E-state index contributed by atoms with van der Waals surface area (Å²) >= 11 is 0. The highest BCUT2D eigenvalue weighted by atomic mass is 16.6. The van der Waals surface area contributed by atoms with E-state index in [1.165, 1.54) is 24.3 Å². The van der Waals surface area contributed by atoms with Gasteiger partial charge in [0.2, 0.25) is 5.89 Å². The smallest absolute Gasteiger partial charge is 0.270 e. The minimum Gasteiger partial charge on any atom is -0.436 e. The van der Waals surface area contributed by atoms with E-state index in [-0.39, 0.29) is 11.3 Å². The van der Waals surface area contributed by atoms with Crippen molar-refractivity contribution in [1.82, 2.24) is 4.98 Å². The molecular weight excluding hydrogens is 370 g/mol. The molecule has 0 radical (unpaired) electrons. The number of nitrogens with zero attached hydrogens (tertiary/aromatic N) is 2. The molecule has 0 saturated heterocycles. The molecule has 1 N–H and O–H groups in total. The van der Waals surface area contributed by atoms with Crippen molar-refractivity contribution < 1.29 is 14.1 Å². The van der Waals surface area contributed by atoms with Gasteiger partial charge in [-0.05, 0) is 55.3 Å². The summed E-state index contributed by atoms with van der Waals surface area (Å²) < 4.78 is 5.88. The van der Waals surface area contributed by atoms with Crippen molar-refractivity contribution in [1.29, 1.82) is 0 Å². The number of amides is 1. The lowest BCUT2D eigenvalue weighted by Gasteiger charge is -2.11. The number of anilines is 1. The monoisotopic (exact) mass is 387 g/mol. The Morgan fingerprint density at radius 2 is 1.86 bits per heavy atom. The van der Waals surface area contributed by atoms with Crippen LogP contribution in [0.3, 0.4) is 0 Å². The largest absolute Gasteiger partial charge is 0.436 e. The van der Waals surface area contributed by atoms with Gasteiger partial charge in [-0.3, -0.25) is 14.9 Å². The average Bonchev–Trinajstić information content (AvgIpc) is 3.12. The van der Waals surface area contributed by atoms with E-state index in [4.69, 9.17) is 4.42 Å². The molecule has 0 bridgehead atoms. The highest BCUT2D eigenvalue weighted by molar-refractivity contribution is 6.05. The van der Waals surface area contributed by atoms with Gasteiger partial charge in [-0.2, -0.15) is 0 Å². The fourth-order valence-electron chi connectivity index (χ4n) is 3.11. The number of nitro benzene ring substituents is 1. The number of aromatic nitrogens is 1. The zero-order valence-electron chi connectivity index (χ0n) is 15.8. The molecule has 0 unspecified atom stereocenters. The SMILES string of the molecule is Cc1ccc2oc(-c3cccc(NC(=O)c4cccc([N+](=O)[O-])c4)c3C)nc2c1. The topological polar surface area (TPSA) is 98.3 Å². The first-order valence-electron chi connectivity index (χ1n) is 8.95. The van der Waals surface area contributed by atoms with Crippen LogP contribution in [0.15, 0.2) is 65.1 Å². The van der Waals surface area contributed by atoms with Crippen LogP contribution in [0.5, 0.6) is 0 Å². The molecule has 4 rings (SSSR count).